The summed E-state index contributed by atoms with van der Waals surface area (Å²) in [6.45, 7) is 22.9. The number of rotatable bonds is 4. The summed E-state index contributed by atoms with van der Waals surface area (Å²) in [4.78, 5) is 14.6. The van der Waals surface area contributed by atoms with E-state index in [2.05, 4.69) is 103 Å². The zero-order chi connectivity index (χ0) is 28.1. The molecule has 0 unspecified atom stereocenters. The molecule has 2 aromatic carbocycles. The maximum Gasteiger partial charge on any atom is 0.129 e. The van der Waals surface area contributed by atoms with Crippen molar-refractivity contribution in [3.05, 3.63) is 87.2 Å². The molecule has 0 amide bonds. The molecule has 0 aliphatic heterocycles. The van der Waals surface area contributed by atoms with Crippen molar-refractivity contribution in [2.24, 2.45) is 5.92 Å². The Bertz CT molecular complexity index is 1090. The minimum atomic E-state index is 0.289. The molecule has 1 aliphatic rings. The van der Waals surface area contributed by atoms with E-state index in [1.54, 1.807) is 6.92 Å². The number of ketones is 1. The van der Waals surface area contributed by atoms with Crippen molar-refractivity contribution in [2.75, 3.05) is 0 Å². The lowest BCUT2D eigenvalue weighted by molar-refractivity contribution is -0.117. The first kappa shape index (κ1) is 32.3. The second kappa shape index (κ2) is 16.2. The van der Waals surface area contributed by atoms with E-state index in [4.69, 9.17) is 0 Å². The van der Waals surface area contributed by atoms with Gasteiger partial charge in [-0.2, -0.15) is 0 Å². The standard InChI is InChI=1S/C15H17N.C10H14.C5H10O.C5H10/c1-10-7-5-6-8-14(10)15-11(2)9-12(3)16-13(15)4;1-7-5-8(2)10(4)9(3)6-7;1-3-4-5(2)6;1-2-5-3-4-5/h5-9H,1-4H3;5-6H,1-4H3;3-4H2,1-2H3;5H,2-4H2,1H3. The smallest absolute Gasteiger partial charge is 0.129 e. The molecule has 0 bridgehead atoms. The number of aromatic nitrogens is 1. The minimum absolute atomic E-state index is 0.289. The highest BCUT2D eigenvalue weighted by atomic mass is 16.1. The molecule has 1 saturated carbocycles. The summed E-state index contributed by atoms with van der Waals surface area (Å²) in [5, 5.41) is 0. The van der Waals surface area contributed by atoms with Gasteiger partial charge in [0.15, 0.2) is 0 Å². The first-order valence-electron chi connectivity index (χ1n) is 14.0. The summed E-state index contributed by atoms with van der Waals surface area (Å²) in [5.74, 6) is 1.42. The molecule has 2 heteroatoms. The minimum Gasteiger partial charge on any atom is -0.300 e. The van der Waals surface area contributed by atoms with Crippen LogP contribution in [-0.4, -0.2) is 10.8 Å². The zero-order valence-corrected chi connectivity index (χ0v) is 25.5. The van der Waals surface area contributed by atoms with Gasteiger partial charge in [-0.15, -0.1) is 0 Å². The Morgan fingerprint density at radius 2 is 1.38 bits per heavy atom. The molecule has 1 aliphatic carbocycles. The Morgan fingerprint density at radius 3 is 1.76 bits per heavy atom. The number of benzene rings is 2. The molecule has 202 valence electrons. The molecular formula is C35H51NO. The normalized spacial score (nSPS) is 11.8. The van der Waals surface area contributed by atoms with Gasteiger partial charge in [0.2, 0.25) is 0 Å². The number of aryl methyl sites for hydroxylation is 7. The molecule has 1 heterocycles. The Labute approximate surface area is 228 Å². The lowest BCUT2D eigenvalue weighted by Crippen LogP contribution is -1.95. The molecule has 0 saturated heterocycles. The number of Topliss-reactive ketones (excluding diaryl/α,β-unsaturated/α-hetero) is 1. The van der Waals surface area contributed by atoms with Gasteiger partial charge in [-0.25, -0.2) is 0 Å². The van der Waals surface area contributed by atoms with Gasteiger partial charge >= 0.3 is 0 Å². The van der Waals surface area contributed by atoms with Crippen molar-refractivity contribution < 1.29 is 4.79 Å². The molecule has 0 N–H and O–H groups in total. The zero-order valence-electron chi connectivity index (χ0n) is 25.5. The van der Waals surface area contributed by atoms with Crippen LogP contribution in [0.3, 0.4) is 0 Å². The fourth-order valence-corrected chi connectivity index (χ4v) is 4.41. The Balaban J connectivity index is 0.000000277. The van der Waals surface area contributed by atoms with Crippen LogP contribution in [-0.2, 0) is 4.79 Å². The number of pyridine rings is 1. The number of nitrogens with zero attached hydrogens (tertiary/aromatic N) is 1. The average molecular weight is 502 g/mol. The van der Waals surface area contributed by atoms with Gasteiger partial charge in [0.05, 0.1) is 0 Å². The van der Waals surface area contributed by atoms with E-state index < -0.39 is 0 Å². The van der Waals surface area contributed by atoms with Crippen LogP contribution in [0.4, 0.5) is 0 Å². The van der Waals surface area contributed by atoms with E-state index in [0.717, 1.165) is 30.1 Å². The van der Waals surface area contributed by atoms with Gasteiger partial charge in [-0.1, -0.05) is 75.1 Å². The largest absolute Gasteiger partial charge is 0.300 e. The van der Waals surface area contributed by atoms with Gasteiger partial charge in [-0.05, 0) is 114 Å². The highest BCUT2D eigenvalue weighted by molar-refractivity contribution is 5.75. The van der Waals surface area contributed by atoms with Crippen LogP contribution >= 0.6 is 0 Å². The summed E-state index contributed by atoms with van der Waals surface area (Å²) in [6.07, 6.45) is 6.16. The van der Waals surface area contributed by atoms with Gasteiger partial charge in [-0.3, -0.25) is 4.98 Å². The molecule has 3 aromatic rings. The lowest BCUT2D eigenvalue weighted by atomic mass is 9.95. The molecule has 2 nitrogen and oxygen atoms in total. The average Bonchev–Trinajstić information content (AvgIpc) is 3.64. The van der Waals surface area contributed by atoms with Gasteiger partial charge in [0.25, 0.3) is 0 Å². The highest BCUT2D eigenvalue weighted by Crippen LogP contribution is 2.31. The maximum atomic E-state index is 10.0. The van der Waals surface area contributed by atoms with E-state index in [1.807, 2.05) is 13.8 Å². The number of carbonyl (C=O) groups is 1. The third kappa shape index (κ3) is 11.9. The fourth-order valence-electron chi connectivity index (χ4n) is 4.41. The summed E-state index contributed by atoms with van der Waals surface area (Å²) in [7, 11) is 0. The van der Waals surface area contributed by atoms with Gasteiger partial charge in [0, 0.05) is 23.4 Å². The molecule has 1 fully saturated rings. The van der Waals surface area contributed by atoms with Crippen LogP contribution in [0.15, 0.2) is 42.5 Å². The third-order valence-corrected chi connectivity index (χ3v) is 6.89. The van der Waals surface area contributed by atoms with Crippen molar-refractivity contribution in [2.45, 2.75) is 108 Å². The third-order valence-electron chi connectivity index (χ3n) is 6.89. The van der Waals surface area contributed by atoms with Crippen molar-refractivity contribution in [1.29, 1.82) is 0 Å². The second-order valence-corrected chi connectivity index (χ2v) is 10.7. The van der Waals surface area contributed by atoms with Gasteiger partial charge in [0.1, 0.15) is 5.78 Å². The van der Waals surface area contributed by atoms with Crippen molar-refractivity contribution in [1.82, 2.24) is 4.98 Å². The highest BCUT2D eigenvalue weighted by Gasteiger charge is 2.17. The van der Waals surface area contributed by atoms with Crippen LogP contribution in [0.5, 0.6) is 0 Å². The Kier molecular flexibility index (Phi) is 14.1. The molecule has 0 spiro atoms. The lowest BCUT2D eigenvalue weighted by Gasteiger charge is -2.12. The molecule has 1 aromatic heterocycles. The van der Waals surface area contributed by atoms with E-state index in [1.165, 1.54) is 63.8 Å². The van der Waals surface area contributed by atoms with E-state index in [9.17, 15) is 4.79 Å². The van der Waals surface area contributed by atoms with Crippen molar-refractivity contribution in [3.63, 3.8) is 0 Å². The monoisotopic (exact) mass is 501 g/mol. The molecule has 0 atom stereocenters. The maximum absolute atomic E-state index is 10.0. The number of hydrogen-bond donors (Lipinski definition) is 0. The summed E-state index contributed by atoms with van der Waals surface area (Å²) in [6, 6.07) is 15.1. The molecular weight excluding hydrogens is 450 g/mol. The SMILES string of the molecule is CCC1CC1.CCCC(C)=O.Cc1cc(C)c(-c2ccccc2C)c(C)n1.Cc1cc(C)c(C)c(C)c1. The summed E-state index contributed by atoms with van der Waals surface area (Å²) in [5.41, 5.74) is 13.0. The van der Waals surface area contributed by atoms with Crippen molar-refractivity contribution >= 4 is 5.78 Å². The number of hydrogen-bond acceptors (Lipinski definition) is 2. The topological polar surface area (TPSA) is 30.0 Å². The Morgan fingerprint density at radius 1 is 0.811 bits per heavy atom. The van der Waals surface area contributed by atoms with E-state index >= 15 is 0 Å². The predicted molar refractivity (Wildman–Crippen MR) is 163 cm³/mol. The van der Waals surface area contributed by atoms with Crippen molar-refractivity contribution in [3.8, 4) is 11.1 Å². The second-order valence-electron chi connectivity index (χ2n) is 10.7. The molecule has 37 heavy (non-hydrogen) atoms. The number of carbonyl (C=O) groups excluding carboxylic acids is 1. The van der Waals surface area contributed by atoms with Crippen LogP contribution in [0.2, 0.25) is 0 Å². The van der Waals surface area contributed by atoms with Crippen LogP contribution in [0.1, 0.15) is 97.6 Å². The van der Waals surface area contributed by atoms with Gasteiger partial charge < -0.3 is 4.79 Å². The van der Waals surface area contributed by atoms with Crippen LogP contribution < -0.4 is 0 Å². The van der Waals surface area contributed by atoms with Crippen LogP contribution in [0.25, 0.3) is 11.1 Å². The summed E-state index contributed by atoms with van der Waals surface area (Å²) < 4.78 is 0. The Hall–Kier alpha value is -2.74. The molecule has 0 radical (unpaired) electrons. The summed E-state index contributed by atoms with van der Waals surface area (Å²) >= 11 is 0. The first-order valence-corrected chi connectivity index (χ1v) is 14.0. The fraction of sp³-hybridized carbons (Fsp3) is 0.486. The quantitative estimate of drug-likeness (QED) is 0.356. The van der Waals surface area contributed by atoms with E-state index in [0.29, 0.717) is 0 Å². The van der Waals surface area contributed by atoms with E-state index in [-0.39, 0.29) is 5.78 Å². The van der Waals surface area contributed by atoms with Crippen LogP contribution in [0, 0.1) is 61.3 Å². The molecule has 4 rings (SSSR count). The predicted octanol–water partition coefficient (Wildman–Crippen LogP) is 10.1. The first-order chi connectivity index (χ1) is 17.4.